The Kier molecular flexibility index (Phi) is 4.85. The molecular weight excluding hydrogens is 288 g/mol. The van der Waals surface area contributed by atoms with Crippen molar-refractivity contribution in [3.63, 3.8) is 0 Å². The number of carbonyl (C=O) groups excluding carboxylic acids is 1. The van der Waals surface area contributed by atoms with Crippen molar-refractivity contribution in [1.82, 2.24) is 15.1 Å². The third-order valence-electron chi connectivity index (χ3n) is 3.55. The van der Waals surface area contributed by atoms with Crippen LogP contribution in [0.4, 0.5) is 5.69 Å². The number of nitrogens with one attached hydrogen (secondary N) is 2. The molecule has 1 aromatic heterocycles. The van der Waals surface area contributed by atoms with Crippen molar-refractivity contribution in [3.8, 4) is 0 Å². The minimum atomic E-state index is -0.0191. The van der Waals surface area contributed by atoms with Gasteiger partial charge in [-0.05, 0) is 30.5 Å². The highest BCUT2D eigenvalue weighted by Gasteiger charge is 2.17. The second-order valence-corrected chi connectivity index (χ2v) is 5.07. The molecule has 0 aliphatic carbocycles. The van der Waals surface area contributed by atoms with Gasteiger partial charge in [-0.15, -0.1) is 12.4 Å². The molecule has 0 atom stereocenters. The van der Waals surface area contributed by atoms with Crippen LogP contribution in [0, 0.1) is 0 Å². The third-order valence-corrected chi connectivity index (χ3v) is 3.55. The van der Waals surface area contributed by atoms with Gasteiger partial charge in [-0.3, -0.25) is 9.48 Å². The number of benzene rings is 1. The summed E-state index contributed by atoms with van der Waals surface area (Å²) in [5, 5.41) is 10.4. The van der Waals surface area contributed by atoms with E-state index in [0.717, 1.165) is 41.8 Å². The second-order valence-electron chi connectivity index (χ2n) is 5.07. The van der Waals surface area contributed by atoms with Gasteiger partial charge < -0.3 is 10.6 Å². The van der Waals surface area contributed by atoms with Gasteiger partial charge in [0.2, 0.25) is 0 Å². The van der Waals surface area contributed by atoms with Gasteiger partial charge in [0.1, 0.15) is 0 Å². The van der Waals surface area contributed by atoms with Crippen LogP contribution in [0.25, 0.3) is 0 Å². The Morgan fingerprint density at radius 2 is 2.33 bits per heavy atom. The summed E-state index contributed by atoms with van der Waals surface area (Å²) in [6.07, 6.45) is 5.70. The summed E-state index contributed by atoms with van der Waals surface area (Å²) in [5.41, 5.74) is 4.00. The first-order chi connectivity index (χ1) is 9.74. The van der Waals surface area contributed by atoms with E-state index in [-0.39, 0.29) is 18.3 Å². The molecule has 2 heterocycles. The quantitative estimate of drug-likeness (QED) is 0.913. The molecule has 6 heteroatoms. The topological polar surface area (TPSA) is 59.0 Å². The lowest BCUT2D eigenvalue weighted by atomic mass is 9.97. The Balaban J connectivity index is 0.00000161. The van der Waals surface area contributed by atoms with Crippen LogP contribution in [0.3, 0.4) is 0 Å². The molecule has 1 amide bonds. The summed E-state index contributed by atoms with van der Waals surface area (Å²) in [6, 6.07) is 5.85. The van der Waals surface area contributed by atoms with E-state index in [0.29, 0.717) is 6.54 Å². The first-order valence-corrected chi connectivity index (χ1v) is 6.85. The number of aromatic nitrogens is 2. The first kappa shape index (κ1) is 15.4. The zero-order valence-electron chi connectivity index (χ0n) is 11.9. The number of hydrogen-bond donors (Lipinski definition) is 2. The SMILES string of the molecule is Cl.Cn1cc(CNC(=O)c2cccc3c2CCCN3)cn1. The number of carbonyl (C=O) groups is 1. The molecule has 2 N–H and O–H groups in total. The smallest absolute Gasteiger partial charge is 0.251 e. The monoisotopic (exact) mass is 306 g/mol. The lowest BCUT2D eigenvalue weighted by Gasteiger charge is -2.20. The Morgan fingerprint density at radius 3 is 3.10 bits per heavy atom. The minimum absolute atomic E-state index is 0. The van der Waals surface area contributed by atoms with Gasteiger partial charge in [0.25, 0.3) is 5.91 Å². The van der Waals surface area contributed by atoms with E-state index in [1.54, 1.807) is 10.9 Å². The molecule has 2 aromatic rings. The number of anilines is 1. The van der Waals surface area contributed by atoms with Crippen molar-refractivity contribution in [2.75, 3.05) is 11.9 Å². The average molecular weight is 307 g/mol. The zero-order valence-corrected chi connectivity index (χ0v) is 12.7. The molecule has 0 fully saturated rings. The average Bonchev–Trinajstić information content (AvgIpc) is 2.90. The highest BCUT2D eigenvalue weighted by Crippen LogP contribution is 2.25. The largest absolute Gasteiger partial charge is 0.385 e. The van der Waals surface area contributed by atoms with Crippen LogP contribution in [0.5, 0.6) is 0 Å². The van der Waals surface area contributed by atoms with Crippen LogP contribution >= 0.6 is 12.4 Å². The number of fused-ring (bicyclic) bond motifs is 1. The van der Waals surface area contributed by atoms with Crippen LogP contribution in [-0.2, 0) is 20.0 Å². The third kappa shape index (κ3) is 3.36. The Morgan fingerprint density at radius 1 is 1.48 bits per heavy atom. The summed E-state index contributed by atoms with van der Waals surface area (Å²) < 4.78 is 1.73. The summed E-state index contributed by atoms with van der Waals surface area (Å²) in [7, 11) is 1.87. The van der Waals surface area contributed by atoms with E-state index in [9.17, 15) is 4.79 Å². The molecule has 1 aromatic carbocycles. The highest BCUT2D eigenvalue weighted by molar-refractivity contribution is 5.97. The molecular formula is C15H19ClN4O. The van der Waals surface area contributed by atoms with Gasteiger partial charge in [-0.25, -0.2) is 0 Å². The van der Waals surface area contributed by atoms with Gasteiger partial charge in [0.05, 0.1) is 6.20 Å². The maximum Gasteiger partial charge on any atom is 0.251 e. The lowest BCUT2D eigenvalue weighted by molar-refractivity contribution is 0.0950. The van der Waals surface area contributed by atoms with Gasteiger partial charge in [-0.2, -0.15) is 5.10 Å². The number of aryl methyl sites for hydroxylation is 1. The molecule has 1 aliphatic heterocycles. The molecule has 5 nitrogen and oxygen atoms in total. The molecule has 21 heavy (non-hydrogen) atoms. The lowest BCUT2D eigenvalue weighted by Crippen LogP contribution is -2.25. The van der Waals surface area contributed by atoms with Crippen molar-refractivity contribution in [2.45, 2.75) is 19.4 Å². The predicted octanol–water partition coefficient (Wildman–Crippen LogP) is 2.13. The van der Waals surface area contributed by atoms with Gasteiger partial charge >= 0.3 is 0 Å². The van der Waals surface area contributed by atoms with Crippen molar-refractivity contribution < 1.29 is 4.79 Å². The molecule has 1 aliphatic rings. The molecule has 0 saturated heterocycles. The zero-order chi connectivity index (χ0) is 13.9. The van der Waals surface area contributed by atoms with E-state index < -0.39 is 0 Å². The minimum Gasteiger partial charge on any atom is -0.385 e. The van der Waals surface area contributed by atoms with E-state index in [1.165, 1.54) is 0 Å². The fourth-order valence-electron chi connectivity index (χ4n) is 2.56. The van der Waals surface area contributed by atoms with Gasteiger partial charge in [-0.1, -0.05) is 6.07 Å². The van der Waals surface area contributed by atoms with Gasteiger partial charge in [0, 0.05) is 43.1 Å². The van der Waals surface area contributed by atoms with Crippen LogP contribution in [0.2, 0.25) is 0 Å². The molecule has 0 saturated carbocycles. The van der Waals surface area contributed by atoms with Crippen LogP contribution < -0.4 is 10.6 Å². The fourth-order valence-corrected chi connectivity index (χ4v) is 2.56. The number of halogens is 1. The normalized spacial score (nSPS) is 12.8. The molecule has 112 valence electrons. The summed E-state index contributed by atoms with van der Waals surface area (Å²) in [5.74, 6) is -0.0191. The maximum absolute atomic E-state index is 12.3. The maximum atomic E-state index is 12.3. The highest BCUT2D eigenvalue weighted by atomic mass is 35.5. The molecule has 3 rings (SSSR count). The fraction of sp³-hybridized carbons (Fsp3) is 0.333. The van der Waals surface area contributed by atoms with Crippen LogP contribution in [0.1, 0.15) is 27.9 Å². The van der Waals surface area contributed by atoms with Crippen LogP contribution in [0.15, 0.2) is 30.6 Å². The predicted molar refractivity (Wildman–Crippen MR) is 84.9 cm³/mol. The molecule has 0 radical (unpaired) electrons. The van der Waals surface area contributed by atoms with Crippen molar-refractivity contribution in [2.24, 2.45) is 7.05 Å². The molecule has 0 spiro atoms. The summed E-state index contributed by atoms with van der Waals surface area (Å²) >= 11 is 0. The van der Waals surface area contributed by atoms with E-state index in [4.69, 9.17) is 0 Å². The van der Waals surface area contributed by atoms with Crippen molar-refractivity contribution in [1.29, 1.82) is 0 Å². The molecule has 0 unspecified atom stereocenters. The van der Waals surface area contributed by atoms with E-state index >= 15 is 0 Å². The summed E-state index contributed by atoms with van der Waals surface area (Å²) in [4.78, 5) is 12.3. The van der Waals surface area contributed by atoms with Gasteiger partial charge in [0.15, 0.2) is 0 Å². The van der Waals surface area contributed by atoms with Crippen LogP contribution in [-0.4, -0.2) is 22.2 Å². The van der Waals surface area contributed by atoms with Crippen molar-refractivity contribution in [3.05, 3.63) is 47.3 Å². The first-order valence-electron chi connectivity index (χ1n) is 6.85. The number of hydrogen-bond acceptors (Lipinski definition) is 3. The summed E-state index contributed by atoms with van der Waals surface area (Å²) in [6.45, 7) is 1.48. The Hall–Kier alpha value is -2.01. The standard InChI is InChI=1S/C15H18N4O.ClH/c1-19-10-11(9-18-19)8-17-15(20)13-4-2-6-14-12(13)5-3-7-16-14;/h2,4,6,9-10,16H,3,5,7-8H2,1H3,(H,17,20);1H. The second kappa shape index (κ2) is 6.63. The van der Waals surface area contributed by atoms with E-state index in [2.05, 4.69) is 15.7 Å². The number of rotatable bonds is 3. The number of nitrogens with zero attached hydrogens (tertiary/aromatic N) is 2. The van der Waals surface area contributed by atoms with E-state index in [1.807, 2.05) is 31.4 Å². The number of amides is 1. The molecule has 0 bridgehead atoms. The Bertz CT molecular complexity index is 638. The Labute approximate surface area is 130 Å². The van der Waals surface area contributed by atoms with Crippen molar-refractivity contribution >= 4 is 24.0 Å².